The Hall–Kier alpha value is -3.27. The minimum atomic E-state index is -0.591. The maximum absolute atomic E-state index is 12.2. The van der Waals surface area contributed by atoms with Crippen molar-refractivity contribution in [3.8, 4) is 11.5 Å². The molecule has 3 aromatic carbocycles. The minimum Gasteiger partial charge on any atom is -0.489 e. The molecule has 0 unspecified atom stereocenters. The molecule has 1 N–H and O–H groups in total. The van der Waals surface area contributed by atoms with Crippen molar-refractivity contribution < 1.29 is 14.3 Å². The van der Waals surface area contributed by atoms with E-state index in [2.05, 4.69) is 5.32 Å². The highest BCUT2D eigenvalue weighted by molar-refractivity contribution is 5.94. The van der Waals surface area contributed by atoms with Crippen LogP contribution in [0.5, 0.6) is 11.5 Å². The Bertz CT molecular complexity index is 817. The van der Waals surface area contributed by atoms with Gasteiger partial charge in [-0.3, -0.25) is 4.79 Å². The molecule has 132 valence electrons. The van der Waals surface area contributed by atoms with Gasteiger partial charge in [-0.1, -0.05) is 48.5 Å². The van der Waals surface area contributed by atoms with Crippen LogP contribution in [-0.2, 0) is 11.4 Å². The number of hydrogen-bond donors (Lipinski definition) is 1. The molecular formula is C22H21NO3. The van der Waals surface area contributed by atoms with Crippen LogP contribution >= 0.6 is 0 Å². The van der Waals surface area contributed by atoms with Gasteiger partial charge in [-0.05, 0) is 48.9 Å². The molecule has 26 heavy (non-hydrogen) atoms. The van der Waals surface area contributed by atoms with Crippen molar-refractivity contribution in [2.45, 2.75) is 19.6 Å². The van der Waals surface area contributed by atoms with Crippen LogP contribution in [0.15, 0.2) is 84.9 Å². The lowest BCUT2D eigenvalue weighted by Crippen LogP contribution is -2.30. The third kappa shape index (κ3) is 5.11. The van der Waals surface area contributed by atoms with Gasteiger partial charge in [0.15, 0.2) is 6.10 Å². The average Bonchev–Trinajstić information content (AvgIpc) is 2.69. The van der Waals surface area contributed by atoms with Gasteiger partial charge in [-0.15, -0.1) is 0 Å². The summed E-state index contributed by atoms with van der Waals surface area (Å²) in [5.74, 6) is 1.21. The lowest BCUT2D eigenvalue weighted by molar-refractivity contribution is -0.122. The normalized spacial score (nSPS) is 11.4. The third-order valence-corrected chi connectivity index (χ3v) is 3.80. The number of amides is 1. The van der Waals surface area contributed by atoms with Gasteiger partial charge in [0.1, 0.15) is 18.1 Å². The van der Waals surface area contributed by atoms with Gasteiger partial charge >= 0.3 is 0 Å². The molecule has 0 heterocycles. The van der Waals surface area contributed by atoms with E-state index in [1.165, 1.54) is 0 Å². The monoisotopic (exact) mass is 347 g/mol. The summed E-state index contributed by atoms with van der Waals surface area (Å²) in [6.45, 7) is 2.23. The largest absolute Gasteiger partial charge is 0.489 e. The molecule has 0 aliphatic rings. The Morgan fingerprint density at radius 3 is 2.12 bits per heavy atom. The number of hydrogen-bond acceptors (Lipinski definition) is 3. The zero-order valence-corrected chi connectivity index (χ0v) is 14.6. The van der Waals surface area contributed by atoms with Crippen LogP contribution in [0.1, 0.15) is 12.5 Å². The van der Waals surface area contributed by atoms with E-state index < -0.39 is 6.10 Å². The first-order valence-corrected chi connectivity index (χ1v) is 8.50. The molecule has 1 atom stereocenters. The summed E-state index contributed by atoms with van der Waals surface area (Å²) in [4.78, 5) is 12.2. The molecule has 0 saturated carbocycles. The molecule has 0 radical (unpaired) electrons. The predicted molar refractivity (Wildman–Crippen MR) is 102 cm³/mol. The second-order valence-corrected chi connectivity index (χ2v) is 5.86. The quantitative estimate of drug-likeness (QED) is 0.675. The van der Waals surface area contributed by atoms with Crippen LogP contribution in [0, 0.1) is 0 Å². The second-order valence-electron chi connectivity index (χ2n) is 5.86. The lowest BCUT2D eigenvalue weighted by Gasteiger charge is -2.15. The minimum absolute atomic E-state index is 0.202. The second kappa shape index (κ2) is 8.72. The van der Waals surface area contributed by atoms with E-state index >= 15 is 0 Å². The Morgan fingerprint density at radius 1 is 0.846 bits per heavy atom. The number of para-hydroxylation sites is 1. The lowest BCUT2D eigenvalue weighted by atomic mass is 10.2. The van der Waals surface area contributed by atoms with Crippen LogP contribution in [-0.4, -0.2) is 12.0 Å². The zero-order valence-electron chi connectivity index (χ0n) is 14.6. The Kier molecular flexibility index (Phi) is 5.88. The van der Waals surface area contributed by atoms with Gasteiger partial charge in [0.2, 0.25) is 0 Å². The Labute approximate surface area is 153 Å². The topological polar surface area (TPSA) is 47.6 Å². The van der Waals surface area contributed by atoms with Gasteiger partial charge in [-0.25, -0.2) is 0 Å². The number of rotatable bonds is 7. The molecule has 0 aliphatic heterocycles. The van der Waals surface area contributed by atoms with Crippen molar-refractivity contribution in [3.05, 3.63) is 90.5 Å². The fourth-order valence-electron chi connectivity index (χ4n) is 2.38. The summed E-state index contributed by atoms with van der Waals surface area (Å²) in [5.41, 5.74) is 1.81. The zero-order chi connectivity index (χ0) is 18.2. The van der Waals surface area contributed by atoms with Gasteiger partial charge in [-0.2, -0.15) is 0 Å². The van der Waals surface area contributed by atoms with E-state index in [4.69, 9.17) is 9.47 Å². The van der Waals surface area contributed by atoms with Crippen molar-refractivity contribution in [1.82, 2.24) is 0 Å². The summed E-state index contributed by atoms with van der Waals surface area (Å²) in [5, 5.41) is 2.84. The molecule has 0 spiro atoms. The molecule has 3 rings (SSSR count). The maximum Gasteiger partial charge on any atom is 0.265 e. The number of carbonyl (C=O) groups is 1. The number of carbonyl (C=O) groups excluding carboxylic acids is 1. The third-order valence-electron chi connectivity index (χ3n) is 3.80. The van der Waals surface area contributed by atoms with Gasteiger partial charge in [0, 0.05) is 5.69 Å². The highest BCUT2D eigenvalue weighted by Gasteiger charge is 2.14. The number of anilines is 1. The first kappa shape index (κ1) is 17.5. The Balaban J connectivity index is 1.51. The molecule has 0 fully saturated rings. The molecule has 4 heteroatoms. The van der Waals surface area contributed by atoms with Gasteiger partial charge in [0.05, 0.1) is 0 Å². The summed E-state index contributed by atoms with van der Waals surface area (Å²) < 4.78 is 11.4. The molecule has 0 aliphatic carbocycles. The van der Waals surface area contributed by atoms with Crippen LogP contribution in [0.3, 0.4) is 0 Å². The van der Waals surface area contributed by atoms with E-state index in [0.717, 1.165) is 11.3 Å². The fraction of sp³-hybridized carbons (Fsp3) is 0.136. The molecular weight excluding hydrogens is 326 g/mol. The van der Waals surface area contributed by atoms with Crippen molar-refractivity contribution in [1.29, 1.82) is 0 Å². The van der Waals surface area contributed by atoms with Crippen LogP contribution in [0.2, 0.25) is 0 Å². The van der Waals surface area contributed by atoms with E-state index in [0.29, 0.717) is 18.0 Å². The Morgan fingerprint density at radius 2 is 1.46 bits per heavy atom. The van der Waals surface area contributed by atoms with E-state index in [9.17, 15) is 4.79 Å². The van der Waals surface area contributed by atoms with Crippen molar-refractivity contribution in [3.63, 3.8) is 0 Å². The summed E-state index contributed by atoms with van der Waals surface area (Å²) >= 11 is 0. The highest BCUT2D eigenvalue weighted by Crippen LogP contribution is 2.18. The smallest absolute Gasteiger partial charge is 0.265 e. The number of nitrogens with one attached hydrogen (secondary N) is 1. The predicted octanol–water partition coefficient (Wildman–Crippen LogP) is 4.67. The number of benzene rings is 3. The molecule has 3 aromatic rings. The molecule has 4 nitrogen and oxygen atoms in total. The van der Waals surface area contributed by atoms with Crippen LogP contribution in [0.25, 0.3) is 0 Å². The molecule has 0 aromatic heterocycles. The summed E-state index contributed by atoms with van der Waals surface area (Å²) in [7, 11) is 0. The highest BCUT2D eigenvalue weighted by atomic mass is 16.5. The fourth-order valence-corrected chi connectivity index (χ4v) is 2.38. The standard InChI is InChI=1S/C22H21NO3/c1-17(26-21-10-6-3-7-11-21)22(24)23-19-12-14-20(15-13-19)25-16-18-8-4-2-5-9-18/h2-15,17H,16H2,1H3,(H,23,24)/t17-/m1/s1. The van der Waals surface area contributed by atoms with Crippen LogP contribution in [0.4, 0.5) is 5.69 Å². The maximum atomic E-state index is 12.2. The van der Waals surface area contributed by atoms with Crippen LogP contribution < -0.4 is 14.8 Å². The van der Waals surface area contributed by atoms with Crippen molar-refractivity contribution >= 4 is 11.6 Å². The van der Waals surface area contributed by atoms with Crippen molar-refractivity contribution in [2.75, 3.05) is 5.32 Å². The summed E-state index contributed by atoms with van der Waals surface area (Å²) in [6, 6.07) is 26.6. The van der Waals surface area contributed by atoms with Gasteiger partial charge in [0.25, 0.3) is 5.91 Å². The molecule has 1 amide bonds. The summed E-state index contributed by atoms with van der Waals surface area (Å²) in [6.07, 6.45) is -0.591. The average molecular weight is 347 g/mol. The first-order valence-electron chi connectivity index (χ1n) is 8.50. The van der Waals surface area contributed by atoms with E-state index in [-0.39, 0.29) is 5.91 Å². The van der Waals surface area contributed by atoms with E-state index in [1.807, 2.05) is 84.9 Å². The van der Waals surface area contributed by atoms with Gasteiger partial charge < -0.3 is 14.8 Å². The van der Waals surface area contributed by atoms with E-state index in [1.54, 1.807) is 6.92 Å². The SMILES string of the molecule is C[C@@H](Oc1ccccc1)C(=O)Nc1ccc(OCc2ccccc2)cc1. The molecule has 0 saturated heterocycles. The number of ether oxygens (including phenoxy) is 2. The van der Waals surface area contributed by atoms with Crippen molar-refractivity contribution in [2.24, 2.45) is 0 Å². The molecule has 0 bridgehead atoms. The first-order chi connectivity index (χ1) is 12.7.